The molecule has 0 aliphatic rings. The van der Waals surface area contributed by atoms with E-state index >= 15 is 0 Å². The van der Waals surface area contributed by atoms with Crippen LogP contribution in [0, 0.1) is 23.7 Å². The maximum Gasteiger partial charge on any atom is 0.472 e. The molecule has 6 atom stereocenters. The van der Waals surface area contributed by atoms with Gasteiger partial charge in [0.05, 0.1) is 26.4 Å². The van der Waals surface area contributed by atoms with E-state index in [0.717, 1.165) is 120 Å². The maximum atomic E-state index is 13.0. The Bertz CT molecular complexity index is 1780. The quantitative estimate of drug-likeness (QED) is 0.0222. The van der Waals surface area contributed by atoms with Gasteiger partial charge in [-0.15, -0.1) is 0 Å². The fraction of sp³-hybridized carbons (Fsp3) is 0.944. The van der Waals surface area contributed by atoms with Crippen LogP contribution in [-0.2, 0) is 65.4 Å². The number of hydrogen-bond acceptors (Lipinski definition) is 15. The van der Waals surface area contributed by atoms with E-state index in [4.69, 9.17) is 37.0 Å². The van der Waals surface area contributed by atoms with Crippen molar-refractivity contribution in [2.45, 2.75) is 369 Å². The average Bonchev–Trinajstić information content (AvgIpc) is 2.98. The Kier molecular flexibility index (Phi) is 59.4. The van der Waals surface area contributed by atoms with Crippen LogP contribution in [0.5, 0.6) is 0 Å². The molecule has 3 unspecified atom stereocenters. The summed E-state index contributed by atoms with van der Waals surface area (Å²) >= 11 is 0. The lowest BCUT2D eigenvalue weighted by molar-refractivity contribution is -0.161. The summed E-state index contributed by atoms with van der Waals surface area (Å²) in [5, 5.41) is 10.6. The molecule has 0 heterocycles. The Hall–Kier alpha value is -1.94. The van der Waals surface area contributed by atoms with Gasteiger partial charge in [0.2, 0.25) is 0 Å². The third kappa shape index (κ3) is 63.5. The van der Waals surface area contributed by atoms with Gasteiger partial charge < -0.3 is 33.8 Å². The summed E-state index contributed by atoms with van der Waals surface area (Å²) in [4.78, 5) is 72.5. The zero-order valence-electron chi connectivity index (χ0n) is 58.8. The summed E-state index contributed by atoms with van der Waals surface area (Å²) in [6.45, 7) is 14.0. The van der Waals surface area contributed by atoms with Crippen LogP contribution in [-0.4, -0.2) is 96.7 Å². The molecule has 0 spiro atoms. The first-order chi connectivity index (χ1) is 43.1. The molecule has 0 saturated heterocycles. The molecule has 0 rings (SSSR count). The molecule has 0 fully saturated rings. The van der Waals surface area contributed by atoms with Gasteiger partial charge in [0, 0.05) is 25.7 Å². The number of ether oxygens (including phenoxy) is 4. The van der Waals surface area contributed by atoms with E-state index in [2.05, 4.69) is 55.4 Å². The van der Waals surface area contributed by atoms with Crippen LogP contribution < -0.4 is 0 Å². The van der Waals surface area contributed by atoms with Gasteiger partial charge in [-0.3, -0.25) is 37.3 Å². The van der Waals surface area contributed by atoms with Crippen molar-refractivity contribution in [3.8, 4) is 0 Å². The molecule has 0 aromatic carbocycles. The predicted molar refractivity (Wildman–Crippen MR) is 363 cm³/mol. The number of carbonyl (C=O) groups excluding carboxylic acids is 4. The van der Waals surface area contributed by atoms with E-state index in [1.807, 2.05) is 0 Å². The molecule has 0 saturated carbocycles. The van der Waals surface area contributed by atoms with E-state index in [0.29, 0.717) is 31.6 Å². The number of aliphatic hydroxyl groups excluding tert-OH is 1. The van der Waals surface area contributed by atoms with Crippen molar-refractivity contribution < 1.29 is 80.2 Å². The molecule has 90 heavy (non-hydrogen) atoms. The van der Waals surface area contributed by atoms with Gasteiger partial charge >= 0.3 is 39.5 Å². The van der Waals surface area contributed by atoms with Gasteiger partial charge in [-0.2, -0.15) is 0 Å². The van der Waals surface area contributed by atoms with Crippen LogP contribution in [0.3, 0.4) is 0 Å². The molecule has 0 bridgehead atoms. The lowest BCUT2D eigenvalue weighted by Crippen LogP contribution is -2.30. The summed E-state index contributed by atoms with van der Waals surface area (Å²) in [7, 11) is -9.90. The summed E-state index contributed by atoms with van der Waals surface area (Å²) in [6.07, 6.45) is 43.3. The molecule has 0 aromatic rings. The molecule has 17 nitrogen and oxygen atoms in total. The Balaban J connectivity index is 5.20. The van der Waals surface area contributed by atoms with Gasteiger partial charge in [0.25, 0.3) is 0 Å². The van der Waals surface area contributed by atoms with Crippen LogP contribution in [0.4, 0.5) is 0 Å². The van der Waals surface area contributed by atoms with Gasteiger partial charge in [-0.1, -0.05) is 299 Å². The molecular weight excluding hydrogens is 1190 g/mol. The molecule has 0 amide bonds. The van der Waals surface area contributed by atoms with Crippen LogP contribution in [0.25, 0.3) is 0 Å². The molecule has 0 aliphatic carbocycles. The number of esters is 4. The second-order valence-electron chi connectivity index (χ2n) is 27.3. The van der Waals surface area contributed by atoms with E-state index in [1.165, 1.54) is 141 Å². The normalized spacial score (nSPS) is 14.6. The van der Waals surface area contributed by atoms with Gasteiger partial charge in [-0.25, -0.2) is 9.13 Å². The summed E-state index contributed by atoms with van der Waals surface area (Å²) in [5.74, 6) is 0.832. The summed E-state index contributed by atoms with van der Waals surface area (Å²) < 4.78 is 68.3. The van der Waals surface area contributed by atoms with Gasteiger partial charge in [0.1, 0.15) is 19.3 Å². The highest BCUT2D eigenvalue weighted by atomic mass is 31.2. The van der Waals surface area contributed by atoms with Crippen molar-refractivity contribution in [1.29, 1.82) is 0 Å². The highest BCUT2D eigenvalue weighted by Crippen LogP contribution is 2.45. The zero-order chi connectivity index (χ0) is 66.8. The number of hydrogen-bond donors (Lipinski definition) is 3. The van der Waals surface area contributed by atoms with Gasteiger partial charge in [-0.05, 0) is 49.4 Å². The fourth-order valence-electron chi connectivity index (χ4n) is 10.6. The standard InChI is InChI=1S/C71H138O17P2/c1-9-64(8)50-42-34-29-30-36-44-52-69(74)82-58-67(87-70(75)53-45-37-26-19-17-15-13-11-10-12-14-16-18-23-31-39-47-61(2)3)60-86-90(79,80)84-56-65(72)55-83-89(77,78)85-59-66(57-81-68(73)51-43-35-28-22-25-33-41-49-63(6)7)88-71(76)54-46-38-27-21-20-24-32-40-48-62(4)5/h61-67,72H,9-60H2,1-8H3,(H,77,78)(H,79,80)/t64?,65-,66-,67-/m1/s1. The number of rotatable bonds is 68. The van der Waals surface area contributed by atoms with Crippen molar-refractivity contribution in [2.24, 2.45) is 23.7 Å². The number of aliphatic hydroxyl groups is 1. The van der Waals surface area contributed by atoms with Crippen molar-refractivity contribution in [1.82, 2.24) is 0 Å². The molecule has 3 N–H and O–H groups in total. The first-order valence-corrected chi connectivity index (χ1v) is 39.7. The van der Waals surface area contributed by atoms with Crippen molar-refractivity contribution >= 4 is 39.5 Å². The zero-order valence-corrected chi connectivity index (χ0v) is 60.6. The average molecular weight is 1330 g/mol. The van der Waals surface area contributed by atoms with Crippen molar-refractivity contribution in [2.75, 3.05) is 39.6 Å². The lowest BCUT2D eigenvalue weighted by Gasteiger charge is -2.21. The van der Waals surface area contributed by atoms with Crippen LogP contribution in [0.1, 0.15) is 351 Å². The second-order valence-corrected chi connectivity index (χ2v) is 30.2. The lowest BCUT2D eigenvalue weighted by atomic mass is 10.00. The van der Waals surface area contributed by atoms with Crippen molar-refractivity contribution in [3.05, 3.63) is 0 Å². The third-order valence-corrected chi connectivity index (χ3v) is 18.6. The van der Waals surface area contributed by atoms with Crippen molar-refractivity contribution in [3.63, 3.8) is 0 Å². The third-order valence-electron chi connectivity index (χ3n) is 16.7. The van der Waals surface area contributed by atoms with Crippen LogP contribution in [0.15, 0.2) is 0 Å². The van der Waals surface area contributed by atoms with Crippen LogP contribution in [0.2, 0.25) is 0 Å². The molecule has 0 radical (unpaired) electrons. The first kappa shape index (κ1) is 88.1. The molecule has 0 aliphatic heterocycles. The van der Waals surface area contributed by atoms with Crippen LogP contribution >= 0.6 is 15.6 Å². The predicted octanol–water partition coefficient (Wildman–Crippen LogP) is 20.1. The topological polar surface area (TPSA) is 237 Å². The Morgan fingerprint density at radius 1 is 0.311 bits per heavy atom. The number of unbranched alkanes of at least 4 members (excludes halogenated alkanes) is 33. The molecule has 19 heteroatoms. The summed E-state index contributed by atoms with van der Waals surface area (Å²) in [6, 6.07) is 0. The highest BCUT2D eigenvalue weighted by Gasteiger charge is 2.30. The minimum absolute atomic E-state index is 0.103. The van der Waals surface area contributed by atoms with Gasteiger partial charge in [0.15, 0.2) is 12.2 Å². The molecular formula is C71H138O17P2. The minimum atomic E-state index is -4.95. The Labute approximate surface area is 549 Å². The number of phosphoric ester groups is 2. The smallest absolute Gasteiger partial charge is 0.462 e. The van der Waals surface area contributed by atoms with E-state index in [9.17, 15) is 43.2 Å². The Morgan fingerprint density at radius 2 is 0.533 bits per heavy atom. The maximum absolute atomic E-state index is 13.0. The fourth-order valence-corrected chi connectivity index (χ4v) is 12.2. The molecule has 0 aromatic heterocycles. The summed E-state index contributed by atoms with van der Waals surface area (Å²) in [5.41, 5.74) is 0. The molecule has 534 valence electrons. The monoisotopic (exact) mass is 1320 g/mol. The van der Waals surface area contributed by atoms with E-state index in [-0.39, 0.29) is 25.7 Å². The van der Waals surface area contributed by atoms with E-state index in [1.54, 1.807) is 0 Å². The van der Waals surface area contributed by atoms with E-state index < -0.39 is 97.5 Å². The highest BCUT2D eigenvalue weighted by molar-refractivity contribution is 7.47. The second kappa shape index (κ2) is 60.7. The Morgan fingerprint density at radius 3 is 0.789 bits per heavy atom. The number of carbonyl (C=O) groups is 4. The first-order valence-electron chi connectivity index (χ1n) is 36.7. The minimum Gasteiger partial charge on any atom is -0.462 e. The largest absolute Gasteiger partial charge is 0.472 e. The SMILES string of the molecule is CCC(C)CCCCCCCCC(=O)OC[C@H](COP(=O)(O)OC[C@H](O)COP(=O)(O)OC[C@@H](COC(=O)CCCCCCCCCC(C)C)OC(=O)CCCCCCCCCCC(C)C)OC(=O)CCCCCCCCCCCCCCCCCCC(C)C. The number of phosphoric acid groups is 2.